The number of alkyl halides is 2. The van der Waals surface area contributed by atoms with E-state index in [1.54, 1.807) is 0 Å². The van der Waals surface area contributed by atoms with Crippen molar-refractivity contribution < 1.29 is 14.2 Å². The third kappa shape index (κ3) is 25.2. The predicted molar refractivity (Wildman–Crippen MR) is 152 cm³/mol. The van der Waals surface area contributed by atoms with Gasteiger partial charge in [-0.15, -0.1) is 0 Å². The summed E-state index contributed by atoms with van der Waals surface area (Å²) in [6.07, 6.45) is 25.5. The summed E-state index contributed by atoms with van der Waals surface area (Å²) >= 11 is 7.28. The van der Waals surface area contributed by atoms with E-state index in [0.717, 1.165) is 51.4 Å². The molecule has 0 amide bonds. The summed E-state index contributed by atoms with van der Waals surface area (Å²) in [6.45, 7) is 9.42. The van der Waals surface area contributed by atoms with Crippen LogP contribution in [0.2, 0.25) is 0 Å². The van der Waals surface area contributed by atoms with Gasteiger partial charge in [0.2, 0.25) is 0 Å². The monoisotopic (exact) mass is 594 g/mol. The SMILES string of the molecule is CCC=CCCC(CCCCC(C)Br)OCOCOC(CCC=CCC)CCCCC(C)Br. The molecule has 33 heavy (non-hydrogen) atoms. The molecule has 0 aliphatic carbocycles. The normalized spacial score (nSPS) is 15.9. The van der Waals surface area contributed by atoms with Crippen LogP contribution in [0.4, 0.5) is 0 Å². The predicted octanol–water partition coefficient (Wildman–Crippen LogP) is 9.87. The largest absolute Gasteiger partial charge is 0.352 e. The minimum Gasteiger partial charge on any atom is -0.352 e. The molecular formula is C28H52Br2O3. The van der Waals surface area contributed by atoms with E-state index in [-0.39, 0.29) is 12.2 Å². The van der Waals surface area contributed by atoms with Gasteiger partial charge in [-0.2, -0.15) is 0 Å². The lowest BCUT2D eigenvalue weighted by Gasteiger charge is -2.20. The van der Waals surface area contributed by atoms with Gasteiger partial charge in [-0.05, 0) is 64.2 Å². The summed E-state index contributed by atoms with van der Waals surface area (Å²) in [5, 5.41) is 0. The second kappa shape index (κ2) is 25.4. The van der Waals surface area contributed by atoms with Crippen molar-refractivity contribution in [3.05, 3.63) is 24.3 Å². The molecular weight excluding hydrogens is 544 g/mol. The Hall–Kier alpha value is 0.320. The number of unbranched alkanes of at least 4 members (excludes halogenated alkanes) is 2. The van der Waals surface area contributed by atoms with E-state index in [1.807, 2.05) is 0 Å². The second-order valence-corrected chi connectivity index (χ2v) is 12.2. The van der Waals surface area contributed by atoms with Gasteiger partial charge in [0.05, 0.1) is 12.2 Å². The minimum absolute atomic E-state index is 0.262. The molecule has 0 rings (SSSR count). The van der Waals surface area contributed by atoms with Crippen LogP contribution in [-0.2, 0) is 14.2 Å². The third-order valence-electron chi connectivity index (χ3n) is 5.65. The Labute approximate surface area is 222 Å². The Bertz CT molecular complexity index is 412. The molecule has 0 aliphatic rings. The van der Waals surface area contributed by atoms with E-state index in [1.165, 1.54) is 38.5 Å². The van der Waals surface area contributed by atoms with Crippen molar-refractivity contribution in [1.29, 1.82) is 0 Å². The van der Waals surface area contributed by atoms with Crippen molar-refractivity contribution in [2.24, 2.45) is 0 Å². The maximum absolute atomic E-state index is 6.08. The number of allylic oxidation sites excluding steroid dienone is 4. The highest BCUT2D eigenvalue weighted by Crippen LogP contribution is 2.17. The van der Waals surface area contributed by atoms with Crippen LogP contribution in [0.15, 0.2) is 24.3 Å². The van der Waals surface area contributed by atoms with E-state index in [0.29, 0.717) is 23.2 Å². The lowest BCUT2D eigenvalue weighted by atomic mass is 10.1. The molecule has 0 heterocycles. The van der Waals surface area contributed by atoms with E-state index < -0.39 is 0 Å². The fourth-order valence-electron chi connectivity index (χ4n) is 3.67. The summed E-state index contributed by atoms with van der Waals surface area (Å²) in [5.41, 5.74) is 0. The van der Waals surface area contributed by atoms with Crippen LogP contribution in [0.5, 0.6) is 0 Å². The molecule has 0 aromatic carbocycles. The molecule has 4 unspecified atom stereocenters. The van der Waals surface area contributed by atoms with Gasteiger partial charge in [-0.1, -0.05) is 110 Å². The highest BCUT2D eigenvalue weighted by atomic mass is 79.9. The van der Waals surface area contributed by atoms with Crippen LogP contribution in [0.25, 0.3) is 0 Å². The second-order valence-electron chi connectivity index (χ2n) is 9.06. The first-order valence-electron chi connectivity index (χ1n) is 13.4. The summed E-state index contributed by atoms with van der Waals surface area (Å²) in [4.78, 5) is 1.19. The molecule has 0 bridgehead atoms. The summed E-state index contributed by atoms with van der Waals surface area (Å²) in [6, 6.07) is 0. The van der Waals surface area contributed by atoms with Crippen LogP contribution in [-0.4, -0.2) is 35.4 Å². The molecule has 0 spiro atoms. The quantitative estimate of drug-likeness (QED) is 0.0481. The van der Waals surface area contributed by atoms with Gasteiger partial charge in [0.15, 0.2) is 0 Å². The van der Waals surface area contributed by atoms with E-state index in [2.05, 4.69) is 83.9 Å². The van der Waals surface area contributed by atoms with Gasteiger partial charge in [-0.3, -0.25) is 0 Å². The first-order valence-corrected chi connectivity index (χ1v) is 15.2. The molecule has 0 saturated heterocycles. The van der Waals surface area contributed by atoms with Crippen molar-refractivity contribution in [2.75, 3.05) is 13.6 Å². The molecule has 0 saturated carbocycles. The third-order valence-corrected chi connectivity index (χ3v) is 6.56. The molecule has 4 atom stereocenters. The molecule has 0 aliphatic heterocycles. The Kier molecular flexibility index (Phi) is 25.7. The van der Waals surface area contributed by atoms with Crippen molar-refractivity contribution in [3.8, 4) is 0 Å². The van der Waals surface area contributed by atoms with E-state index >= 15 is 0 Å². The smallest absolute Gasteiger partial charge is 0.149 e. The first-order chi connectivity index (χ1) is 16.0. The zero-order chi connectivity index (χ0) is 24.6. The van der Waals surface area contributed by atoms with Gasteiger partial charge >= 0.3 is 0 Å². The summed E-state index contributed by atoms with van der Waals surface area (Å²) in [5.74, 6) is 0. The molecule has 0 aromatic heterocycles. The zero-order valence-corrected chi connectivity index (χ0v) is 25.1. The molecule has 0 aromatic rings. The molecule has 0 fully saturated rings. The fourth-order valence-corrected chi connectivity index (χ4v) is 4.32. The van der Waals surface area contributed by atoms with Crippen LogP contribution >= 0.6 is 31.9 Å². The standard InChI is InChI=1S/C28H52Br2O3/c1-5-7-9-11-19-27(21-15-13-17-25(3)29)32-23-31-24-33-28(20-12-10-8-6-2)22-16-14-18-26(4)30/h7-10,25-28H,5-6,11-24H2,1-4H3. The minimum atomic E-state index is 0.262. The lowest BCUT2D eigenvalue weighted by Crippen LogP contribution is -2.19. The van der Waals surface area contributed by atoms with E-state index in [9.17, 15) is 0 Å². The number of ether oxygens (including phenoxy) is 3. The molecule has 196 valence electrons. The number of rotatable bonds is 24. The van der Waals surface area contributed by atoms with Crippen LogP contribution in [0, 0.1) is 0 Å². The van der Waals surface area contributed by atoms with Crippen LogP contribution < -0.4 is 0 Å². The first kappa shape index (κ1) is 33.3. The molecule has 5 heteroatoms. The van der Waals surface area contributed by atoms with Crippen LogP contribution in [0.3, 0.4) is 0 Å². The average molecular weight is 597 g/mol. The number of hydrogen-bond acceptors (Lipinski definition) is 3. The van der Waals surface area contributed by atoms with Gasteiger partial charge < -0.3 is 14.2 Å². The molecule has 0 N–H and O–H groups in total. The van der Waals surface area contributed by atoms with Crippen molar-refractivity contribution in [2.45, 2.75) is 139 Å². The van der Waals surface area contributed by atoms with E-state index in [4.69, 9.17) is 14.2 Å². The highest BCUT2D eigenvalue weighted by Gasteiger charge is 2.11. The number of halogens is 2. The van der Waals surface area contributed by atoms with Gasteiger partial charge in [-0.25, -0.2) is 0 Å². The Morgan fingerprint density at radius 3 is 1.33 bits per heavy atom. The van der Waals surface area contributed by atoms with Gasteiger partial charge in [0.1, 0.15) is 13.6 Å². The Morgan fingerprint density at radius 1 is 0.576 bits per heavy atom. The van der Waals surface area contributed by atoms with Crippen molar-refractivity contribution in [3.63, 3.8) is 0 Å². The number of hydrogen-bond donors (Lipinski definition) is 0. The zero-order valence-electron chi connectivity index (χ0n) is 21.9. The topological polar surface area (TPSA) is 27.7 Å². The highest BCUT2D eigenvalue weighted by molar-refractivity contribution is 9.09. The van der Waals surface area contributed by atoms with Crippen molar-refractivity contribution >= 4 is 31.9 Å². The lowest BCUT2D eigenvalue weighted by molar-refractivity contribution is -0.167. The average Bonchev–Trinajstić information content (AvgIpc) is 2.78. The summed E-state index contributed by atoms with van der Waals surface area (Å²) < 4.78 is 17.9. The molecule has 3 nitrogen and oxygen atoms in total. The van der Waals surface area contributed by atoms with Gasteiger partial charge in [0, 0.05) is 9.65 Å². The Balaban J connectivity index is 4.28. The maximum Gasteiger partial charge on any atom is 0.149 e. The summed E-state index contributed by atoms with van der Waals surface area (Å²) in [7, 11) is 0. The molecule has 0 radical (unpaired) electrons. The Morgan fingerprint density at radius 2 is 0.970 bits per heavy atom. The maximum atomic E-state index is 6.08. The van der Waals surface area contributed by atoms with Crippen LogP contribution in [0.1, 0.15) is 118 Å². The van der Waals surface area contributed by atoms with Gasteiger partial charge in [0.25, 0.3) is 0 Å². The van der Waals surface area contributed by atoms with Crippen molar-refractivity contribution in [1.82, 2.24) is 0 Å². The fraction of sp³-hybridized carbons (Fsp3) is 0.857.